The largest absolute Gasteiger partial charge is 0.497 e. The molecule has 0 saturated carbocycles. The van der Waals surface area contributed by atoms with E-state index in [4.69, 9.17) is 4.74 Å². The quantitative estimate of drug-likeness (QED) is 0.734. The second-order valence-corrected chi connectivity index (χ2v) is 6.68. The van der Waals surface area contributed by atoms with E-state index in [1.807, 2.05) is 18.3 Å². The van der Waals surface area contributed by atoms with Crippen molar-refractivity contribution in [2.24, 2.45) is 0 Å². The third-order valence-electron chi connectivity index (χ3n) is 4.99. The summed E-state index contributed by atoms with van der Waals surface area (Å²) in [5.41, 5.74) is 3.69. The number of methoxy groups -OCH3 is 1. The Kier molecular flexibility index (Phi) is 4.32. The highest BCUT2D eigenvalue weighted by Crippen LogP contribution is 2.24. The molecule has 0 atom stereocenters. The van der Waals surface area contributed by atoms with Crippen molar-refractivity contribution in [3.63, 3.8) is 0 Å². The minimum atomic E-state index is 0.764. The zero-order valence-electron chi connectivity index (χ0n) is 14.9. The first-order valence-electron chi connectivity index (χ1n) is 8.75. The number of rotatable bonds is 4. The van der Waals surface area contributed by atoms with Crippen LogP contribution < -0.4 is 9.64 Å². The van der Waals surface area contributed by atoms with E-state index in [0.29, 0.717) is 0 Å². The Morgan fingerprint density at radius 2 is 1.76 bits per heavy atom. The van der Waals surface area contributed by atoms with Crippen LogP contribution >= 0.6 is 0 Å². The number of likely N-dealkylation sites (N-methyl/N-ethyl adjacent to an activating group) is 1. The predicted octanol–water partition coefficient (Wildman–Crippen LogP) is 2.85. The van der Waals surface area contributed by atoms with Crippen LogP contribution in [0.15, 0.2) is 48.7 Å². The fraction of sp³-hybridized carbons (Fsp3) is 0.350. The molecule has 5 heteroatoms. The Morgan fingerprint density at radius 3 is 2.48 bits per heavy atom. The van der Waals surface area contributed by atoms with Gasteiger partial charge >= 0.3 is 0 Å². The maximum Gasteiger partial charge on any atom is 0.118 e. The van der Waals surface area contributed by atoms with E-state index in [-0.39, 0.29) is 0 Å². The molecule has 1 aliphatic rings. The summed E-state index contributed by atoms with van der Waals surface area (Å²) in [6.45, 7) is 5.15. The molecule has 1 fully saturated rings. The lowest BCUT2D eigenvalue weighted by Gasteiger charge is -2.34. The van der Waals surface area contributed by atoms with E-state index in [9.17, 15) is 0 Å². The van der Waals surface area contributed by atoms with Crippen LogP contribution in [-0.4, -0.2) is 55.0 Å². The van der Waals surface area contributed by atoms with E-state index < -0.39 is 0 Å². The summed E-state index contributed by atoms with van der Waals surface area (Å²) in [7, 11) is 3.88. The summed E-state index contributed by atoms with van der Waals surface area (Å²) < 4.78 is 7.31. The monoisotopic (exact) mass is 336 g/mol. The van der Waals surface area contributed by atoms with Gasteiger partial charge in [0.1, 0.15) is 5.75 Å². The van der Waals surface area contributed by atoms with Gasteiger partial charge < -0.3 is 14.5 Å². The number of aromatic nitrogens is 2. The Morgan fingerprint density at radius 1 is 1.00 bits per heavy atom. The highest BCUT2D eigenvalue weighted by Gasteiger charge is 2.15. The highest BCUT2D eigenvalue weighted by molar-refractivity contribution is 5.82. The molecule has 0 unspecified atom stereocenters. The van der Waals surface area contributed by atoms with Crippen LogP contribution in [0.2, 0.25) is 0 Å². The lowest BCUT2D eigenvalue weighted by atomic mass is 10.2. The molecule has 5 nitrogen and oxygen atoms in total. The molecule has 1 saturated heterocycles. The normalized spacial score (nSPS) is 15.7. The maximum atomic E-state index is 5.23. The minimum absolute atomic E-state index is 0.764. The van der Waals surface area contributed by atoms with Crippen LogP contribution in [0.5, 0.6) is 5.75 Å². The van der Waals surface area contributed by atoms with E-state index in [1.54, 1.807) is 7.11 Å². The second kappa shape index (κ2) is 6.76. The van der Waals surface area contributed by atoms with Crippen molar-refractivity contribution in [2.45, 2.75) is 6.54 Å². The van der Waals surface area contributed by atoms with Gasteiger partial charge in [0.2, 0.25) is 0 Å². The molecule has 0 bridgehead atoms. The molecular weight excluding hydrogens is 312 g/mol. The predicted molar refractivity (Wildman–Crippen MR) is 102 cm³/mol. The van der Waals surface area contributed by atoms with Gasteiger partial charge in [-0.1, -0.05) is 12.1 Å². The van der Waals surface area contributed by atoms with Gasteiger partial charge in [-0.2, -0.15) is 5.10 Å². The number of ether oxygens (including phenoxy) is 1. The first-order valence-corrected chi connectivity index (χ1v) is 8.75. The molecule has 0 amide bonds. The maximum absolute atomic E-state index is 5.23. The van der Waals surface area contributed by atoms with E-state index in [0.717, 1.165) is 38.5 Å². The van der Waals surface area contributed by atoms with Crippen LogP contribution in [0.3, 0.4) is 0 Å². The fourth-order valence-corrected chi connectivity index (χ4v) is 3.35. The molecule has 0 N–H and O–H groups in total. The standard InChI is InChI=1S/C20H24N4O/c1-22-9-11-23(12-10-22)18-6-5-17-14-21-24(20(17)13-18)15-16-3-7-19(25-2)8-4-16/h3-8,13-14H,9-12,15H2,1-2H3. The molecule has 130 valence electrons. The first kappa shape index (κ1) is 16.0. The smallest absolute Gasteiger partial charge is 0.118 e. The zero-order valence-corrected chi connectivity index (χ0v) is 14.9. The third-order valence-corrected chi connectivity index (χ3v) is 4.99. The summed E-state index contributed by atoms with van der Waals surface area (Å²) in [5, 5.41) is 5.78. The number of fused-ring (bicyclic) bond motifs is 1. The van der Waals surface area contributed by atoms with Crippen molar-refractivity contribution in [3.8, 4) is 5.75 Å². The number of hydrogen-bond acceptors (Lipinski definition) is 4. The van der Waals surface area contributed by atoms with Crippen molar-refractivity contribution in [2.75, 3.05) is 45.2 Å². The summed E-state index contributed by atoms with van der Waals surface area (Å²) in [5.74, 6) is 0.881. The summed E-state index contributed by atoms with van der Waals surface area (Å²) in [6, 6.07) is 14.9. The molecule has 4 rings (SSSR count). The molecule has 25 heavy (non-hydrogen) atoms. The molecule has 1 aromatic heterocycles. The van der Waals surface area contributed by atoms with Gasteiger partial charge in [0.05, 0.1) is 25.4 Å². The third kappa shape index (κ3) is 3.33. The first-order chi connectivity index (χ1) is 12.2. The average molecular weight is 336 g/mol. The van der Waals surface area contributed by atoms with Crippen molar-refractivity contribution in [3.05, 3.63) is 54.2 Å². The van der Waals surface area contributed by atoms with Gasteiger partial charge in [-0.3, -0.25) is 4.68 Å². The van der Waals surface area contributed by atoms with E-state index >= 15 is 0 Å². The molecule has 2 aromatic carbocycles. The summed E-state index contributed by atoms with van der Waals surface area (Å²) >= 11 is 0. The van der Waals surface area contributed by atoms with Gasteiger partial charge in [0.15, 0.2) is 0 Å². The van der Waals surface area contributed by atoms with Crippen molar-refractivity contribution in [1.82, 2.24) is 14.7 Å². The number of hydrogen-bond donors (Lipinski definition) is 0. The number of anilines is 1. The Hall–Kier alpha value is -2.53. The zero-order chi connectivity index (χ0) is 17.2. The van der Waals surface area contributed by atoms with Crippen LogP contribution in [-0.2, 0) is 6.54 Å². The number of benzene rings is 2. The van der Waals surface area contributed by atoms with Gasteiger partial charge in [0, 0.05) is 37.3 Å². The van der Waals surface area contributed by atoms with Gasteiger partial charge in [0.25, 0.3) is 0 Å². The lowest BCUT2D eigenvalue weighted by molar-refractivity contribution is 0.313. The van der Waals surface area contributed by atoms with Crippen LogP contribution in [0.25, 0.3) is 10.9 Å². The average Bonchev–Trinajstić information content (AvgIpc) is 3.05. The van der Waals surface area contributed by atoms with Gasteiger partial charge in [-0.05, 0) is 42.9 Å². The molecule has 0 aliphatic carbocycles. The van der Waals surface area contributed by atoms with Crippen molar-refractivity contribution < 1.29 is 4.74 Å². The SMILES string of the molecule is COc1ccc(Cn2ncc3ccc(N4CCN(C)CC4)cc32)cc1. The minimum Gasteiger partial charge on any atom is -0.497 e. The summed E-state index contributed by atoms with van der Waals surface area (Å²) in [4.78, 5) is 4.84. The lowest BCUT2D eigenvalue weighted by Crippen LogP contribution is -2.44. The Labute approximate surface area is 148 Å². The highest BCUT2D eigenvalue weighted by atomic mass is 16.5. The number of nitrogens with zero attached hydrogens (tertiary/aromatic N) is 4. The van der Waals surface area contributed by atoms with E-state index in [2.05, 4.69) is 57.0 Å². The van der Waals surface area contributed by atoms with Crippen LogP contribution in [0.1, 0.15) is 5.56 Å². The molecule has 1 aliphatic heterocycles. The molecule has 0 spiro atoms. The molecule has 0 radical (unpaired) electrons. The van der Waals surface area contributed by atoms with Gasteiger partial charge in [-0.25, -0.2) is 0 Å². The van der Waals surface area contributed by atoms with Crippen molar-refractivity contribution >= 4 is 16.6 Å². The topological polar surface area (TPSA) is 33.5 Å². The van der Waals surface area contributed by atoms with Crippen molar-refractivity contribution in [1.29, 1.82) is 0 Å². The Bertz CT molecular complexity index is 848. The van der Waals surface area contributed by atoms with Crippen LogP contribution in [0.4, 0.5) is 5.69 Å². The fourth-order valence-electron chi connectivity index (χ4n) is 3.35. The van der Waals surface area contributed by atoms with Gasteiger partial charge in [-0.15, -0.1) is 0 Å². The number of piperazine rings is 1. The molecular formula is C20H24N4O. The van der Waals surface area contributed by atoms with E-state index in [1.165, 1.54) is 22.2 Å². The molecule has 3 aromatic rings. The van der Waals surface area contributed by atoms with Crippen LogP contribution in [0, 0.1) is 0 Å². The summed E-state index contributed by atoms with van der Waals surface area (Å²) in [6.07, 6.45) is 1.95. The second-order valence-electron chi connectivity index (χ2n) is 6.68. The Balaban J connectivity index is 1.59. The molecule has 2 heterocycles.